The summed E-state index contributed by atoms with van der Waals surface area (Å²) in [6.07, 6.45) is 3.09. The molecular formula is C12H7BrN2O. The van der Waals surface area contributed by atoms with E-state index in [0.717, 1.165) is 4.47 Å². The largest absolute Gasteiger partial charge is 0.454 e. The highest BCUT2D eigenvalue weighted by Crippen LogP contribution is 2.24. The number of nitriles is 1. The molecule has 0 aliphatic heterocycles. The van der Waals surface area contributed by atoms with Crippen molar-refractivity contribution in [2.45, 2.75) is 0 Å². The molecule has 0 amide bonds. The number of ether oxygens (including phenoxy) is 1. The maximum atomic E-state index is 8.88. The Morgan fingerprint density at radius 2 is 1.94 bits per heavy atom. The first-order valence-electron chi connectivity index (χ1n) is 4.57. The summed E-state index contributed by atoms with van der Waals surface area (Å²) in [4.78, 5) is 3.92. The smallest absolute Gasteiger partial charge is 0.163 e. The minimum atomic E-state index is 0.465. The second-order valence-electron chi connectivity index (χ2n) is 3.04. The maximum absolute atomic E-state index is 8.88. The van der Waals surface area contributed by atoms with Gasteiger partial charge in [-0.3, -0.25) is 4.98 Å². The van der Waals surface area contributed by atoms with E-state index in [-0.39, 0.29) is 0 Å². The van der Waals surface area contributed by atoms with Crippen LogP contribution in [-0.2, 0) is 0 Å². The molecule has 0 saturated heterocycles. The first-order valence-corrected chi connectivity index (χ1v) is 5.36. The Balaban J connectivity index is 2.27. The van der Waals surface area contributed by atoms with E-state index in [9.17, 15) is 0 Å². The van der Waals surface area contributed by atoms with Gasteiger partial charge in [0.05, 0.1) is 11.8 Å². The lowest BCUT2D eigenvalue weighted by Gasteiger charge is -2.06. The van der Waals surface area contributed by atoms with Gasteiger partial charge in [-0.05, 0) is 30.3 Å². The predicted octanol–water partition coefficient (Wildman–Crippen LogP) is 3.51. The van der Waals surface area contributed by atoms with Crippen LogP contribution in [0.3, 0.4) is 0 Å². The highest BCUT2D eigenvalue weighted by molar-refractivity contribution is 9.10. The third-order valence-electron chi connectivity index (χ3n) is 1.95. The lowest BCUT2D eigenvalue weighted by atomic mass is 10.3. The highest BCUT2D eigenvalue weighted by atomic mass is 79.9. The average Bonchev–Trinajstić information content (AvgIpc) is 2.33. The number of benzene rings is 1. The van der Waals surface area contributed by atoms with E-state index in [2.05, 4.69) is 27.0 Å². The molecule has 0 radical (unpaired) electrons. The van der Waals surface area contributed by atoms with Crippen molar-refractivity contribution in [1.29, 1.82) is 5.26 Å². The highest BCUT2D eigenvalue weighted by Gasteiger charge is 2.03. The van der Waals surface area contributed by atoms with Gasteiger partial charge in [0.15, 0.2) is 5.75 Å². The standard InChI is InChI=1S/C12H7BrN2O/c13-10-1-3-11(4-2-10)16-12-8-15-6-5-9(12)7-14/h1-6,8H. The fourth-order valence-electron chi connectivity index (χ4n) is 1.18. The van der Waals surface area contributed by atoms with Crippen molar-refractivity contribution in [3.05, 3.63) is 52.8 Å². The van der Waals surface area contributed by atoms with Crippen LogP contribution in [0.4, 0.5) is 0 Å². The van der Waals surface area contributed by atoms with Crippen LogP contribution in [0.15, 0.2) is 47.2 Å². The van der Waals surface area contributed by atoms with Gasteiger partial charge in [0, 0.05) is 10.7 Å². The number of rotatable bonds is 2. The van der Waals surface area contributed by atoms with Gasteiger partial charge in [-0.25, -0.2) is 0 Å². The van der Waals surface area contributed by atoms with Crippen molar-refractivity contribution in [1.82, 2.24) is 4.98 Å². The molecule has 1 aromatic heterocycles. The van der Waals surface area contributed by atoms with Gasteiger partial charge in [-0.2, -0.15) is 5.26 Å². The molecule has 0 aliphatic carbocycles. The topological polar surface area (TPSA) is 45.9 Å². The molecule has 0 N–H and O–H groups in total. The summed E-state index contributed by atoms with van der Waals surface area (Å²) < 4.78 is 6.53. The number of hydrogen-bond acceptors (Lipinski definition) is 3. The Labute approximate surface area is 101 Å². The Morgan fingerprint density at radius 3 is 2.62 bits per heavy atom. The van der Waals surface area contributed by atoms with Crippen LogP contribution in [0, 0.1) is 11.3 Å². The first-order chi connectivity index (χ1) is 7.79. The fraction of sp³-hybridized carbons (Fsp3) is 0. The Hall–Kier alpha value is -1.86. The summed E-state index contributed by atoms with van der Waals surface area (Å²) in [5, 5.41) is 8.88. The van der Waals surface area contributed by atoms with E-state index in [4.69, 9.17) is 10.00 Å². The van der Waals surface area contributed by atoms with Gasteiger partial charge in [0.1, 0.15) is 11.8 Å². The van der Waals surface area contributed by atoms with E-state index in [1.807, 2.05) is 24.3 Å². The van der Waals surface area contributed by atoms with Gasteiger partial charge in [0.25, 0.3) is 0 Å². The Morgan fingerprint density at radius 1 is 1.19 bits per heavy atom. The SMILES string of the molecule is N#Cc1ccncc1Oc1ccc(Br)cc1. The second kappa shape index (κ2) is 4.77. The molecule has 0 unspecified atom stereocenters. The zero-order chi connectivity index (χ0) is 11.4. The third-order valence-corrected chi connectivity index (χ3v) is 2.48. The molecule has 1 heterocycles. The number of pyridine rings is 1. The summed E-state index contributed by atoms with van der Waals surface area (Å²) in [5.74, 6) is 1.14. The van der Waals surface area contributed by atoms with Crippen molar-refractivity contribution in [3.63, 3.8) is 0 Å². The van der Waals surface area contributed by atoms with Crippen molar-refractivity contribution in [3.8, 4) is 17.6 Å². The van der Waals surface area contributed by atoms with Gasteiger partial charge in [-0.15, -0.1) is 0 Å². The molecule has 0 bridgehead atoms. The minimum absolute atomic E-state index is 0.465. The summed E-state index contributed by atoms with van der Waals surface area (Å²) in [6, 6.07) is 11.1. The Bertz CT molecular complexity index is 531. The number of nitrogens with zero attached hydrogens (tertiary/aromatic N) is 2. The van der Waals surface area contributed by atoms with Gasteiger partial charge in [-0.1, -0.05) is 15.9 Å². The molecular weight excluding hydrogens is 268 g/mol. The van der Waals surface area contributed by atoms with Gasteiger partial charge < -0.3 is 4.74 Å². The normalized spacial score (nSPS) is 9.50. The van der Waals surface area contributed by atoms with Crippen LogP contribution >= 0.6 is 15.9 Å². The summed E-state index contributed by atoms with van der Waals surface area (Å²) in [6.45, 7) is 0. The van der Waals surface area contributed by atoms with E-state index in [1.54, 1.807) is 12.3 Å². The molecule has 4 heteroatoms. The van der Waals surface area contributed by atoms with Gasteiger partial charge >= 0.3 is 0 Å². The second-order valence-corrected chi connectivity index (χ2v) is 3.96. The molecule has 2 aromatic rings. The van der Waals surface area contributed by atoms with Crippen LogP contribution in [0.5, 0.6) is 11.5 Å². The van der Waals surface area contributed by atoms with E-state index < -0.39 is 0 Å². The lowest BCUT2D eigenvalue weighted by molar-refractivity contribution is 0.478. The molecule has 16 heavy (non-hydrogen) atoms. The number of halogens is 1. The average molecular weight is 275 g/mol. The Kier molecular flexibility index (Phi) is 3.18. The zero-order valence-electron chi connectivity index (χ0n) is 8.22. The lowest BCUT2D eigenvalue weighted by Crippen LogP contribution is -1.88. The summed E-state index contributed by atoms with van der Waals surface area (Å²) in [5.41, 5.74) is 0.470. The van der Waals surface area contributed by atoms with E-state index >= 15 is 0 Å². The molecule has 0 spiro atoms. The van der Waals surface area contributed by atoms with Crippen molar-refractivity contribution < 1.29 is 4.74 Å². The monoisotopic (exact) mass is 274 g/mol. The van der Waals surface area contributed by atoms with E-state index in [0.29, 0.717) is 17.1 Å². The molecule has 0 aliphatic rings. The molecule has 1 aromatic carbocycles. The molecule has 3 nitrogen and oxygen atoms in total. The molecule has 2 rings (SSSR count). The zero-order valence-corrected chi connectivity index (χ0v) is 9.81. The third kappa shape index (κ3) is 2.38. The van der Waals surface area contributed by atoms with Crippen LogP contribution in [0.1, 0.15) is 5.56 Å². The van der Waals surface area contributed by atoms with Crippen LogP contribution in [-0.4, -0.2) is 4.98 Å². The fourth-order valence-corrected chi connectivity index (χ4v) is 1.45. The van der Waals surface area contributed by atoms with Crippen LogP contribution < -0.4 is 4.74 Å². The minimum Gasteiger partial charge on any atom is -0.454 e. The van der Waals surface area contributed by atoms with E-state index in [1.165, 1.54) is 6.20 Å². The van der Waals surface area contributed by atoms with Crippen molar-refractivity contribution >= 4 is 15.9 Å². The predicted molar refractivity (Wildman–Crippen MR) is 63.2 cm³/mol. The maximum Gasteiger partial charge on any atom is 0.163 e. The summed E-state index contributed by atoms with van der Waals surface area (Å²) in [7, 11) is 0. The number of aromatic nitrogens is 1. The van der Waals surface area contributed by atoms with Crippen LogP contribution in [0.25, 0.3) is 0 Å². The first kappa shape index (κ1) is 10.7. The molecule has 78 valence electrons. The molecule has 0 saturated carbocycles. The quantitative estimate of drug-likeness (QED) is 0.842. The molecule has 0 fully saturated rings. The van der Waals surface area contributed by atoms with Gasteiger partial charge in [0.2, 0.25) is 0 Å². The summed E-state index contributed by atoms with van der Waals surface area (Å²) >= 11 is 3.34. The number of hydrogen-bond donors (Lipinski definition) is 0. The van der Waals surface area contributed by atoms with Crippen molar-refractivity contribution in [2.24, 2.45) is 0 Å². The molecule has 0 atom stereocenters. The van der Waals surface area contributed by atoms with Crippen LogP contribution in [0.2, 0.25) is 0 Å². The van der Waals surface area contributed by atoms with Crippen molar-refractivity contribution in [2.75, 3.05) is 0 Å².